The minimum atomic E-state index is -4.00. The molecule has 0 N–H and O–H groups in total. The average molecular weight is 636 g/mol. The zero-order valence-electron chi connectivity index (χ0n) is 26.3. The van der Waals surface area contributed by atoms with Crippen LogP contribution in [0.4, 0.5) is 26.3 Å². The Bertz CT molecular complexity index is 787. The van der Waals surface area contributed by atoms with Crippen LogP contribution in [-0.2, 0) is 23.7 Å². The molecular formula is C31H55F6NO5. The number of halogens is 6. The fraction of sp³-hybridized carbons (Fsp3) is 0.968. The lowest BCUT2D eigenvalue weighted by molar-refractivity contribution is -0.152. The van der Waals surface area contributed by atoms with Crippen molar-refractivity contribution in [1.82, 2.24) is 0 Å². The van der Waals surface area contributed by atoms with Gasteiger partial charge in [-0.2, -0.15) is 18.4 Å². The molecule has 0 amide bonds. The van der Waals surface area contributed by atoms with E-state index in [1.807, 2.05) is 0 Å². The minimum absolute atomic E-state index is 0. The molecule has 4 atom stereocenters. The first-order valence-electron chi connectivity index (χ1n) is 14.4. The summed E-state index contributed by atoms with van der Waals surface area (Å²) in [6, 6.07) is 2.18. The third-order valence-corrected chi connectivity index (χ3v) is 8.19. The van der Waals surface area contributed by atoms with Crippen LogP contribution in [0.2, 0.25) is 0 Å². The second-order valence-corrected chi connectivity index (χ2v) is 12.9. The van der Waals surface area contributed by atoms with E-state index in [2.05, 4.69) is 34.1 Å². The number of rotatable bonds is 11. The first-order chi connectivity index (χ1) is 19.5. The summed E-state index contributed by atoms with van der Waals surface area (Å²) >= 11 is 0. The number of ether oxygens (including phenoxy) is 5. The molecule has 43 heavy (non-hydrogen) atoms. The van der Waals surface area contributed by atoms with Gasteiger partial charge in [0, 0.05) is 67.0 Å². The van der Waals surface area contributed by atoms with Gasteiger partial charge in [0.25, 0.3) is 5.92 Å². The lowest BCUT2D eigenvalue weighted by Gasteiger charge is -2.06. The molecule has 0 aromatic heterocycles. The van der Waals surface area contributed by atoms with Crippen LogP contribution in [-0.4, -0.2) is 86.4 Å². The molecule has 0 saturated heterocycles. The summed E-state index contributed by atoms with van der Waals surface area (Å²) < 4.78 is 95.1. The van der Waals surface area contributed by atoms with Crippen molar-refractivity contribution in [3.8, 4) is 6.07 Å². The lowest BCUT2D eigenvalue weighted by Crippen LogP contribution is -2.13. The zero-order valence-corrected chi connectivity index (χ0v) is 26.3. The van der Waals surface area contributed by atoms with Crippen LogP contribution in [0.3, 0.4) is 0 Å². The maximum atomic E-state index is 12.4. The van der Waals surface area contributed by atoms with E-state index < -0.39 is 29.6 Å². The van der Waals surface area contributed by atoms with E-state index in [1.165, 1.54) is 40.6 Å². The van der Waals surface area contributed by atoms with Crippen molar-refractivity contribution in [3.05, 3.63) is 0 Å². The number of methoxy groups -OCH3 is 5. The summed E-state index contributed by atoms with van der Waals surface area (Å²) in [6.45, 7) is 7.02. The summed E-state index contributed by atoms with van der Waals surface area (Å²) in [5.41, 5.74) is -0.0612. The number of nitriles is 1. The van der Waals surface area contributed by atoms with Gasteiger partial charge in [0.1, 0.15) is 5.67 Å². The summed E-state index contributed by atoms with van der Waals surface area (Å²) in [5.74, 6) is -3.42. The highest BCUT2D eigenvalue weighted by atomic mass is 19.4. The largest absolute Gasteiger partial charge is 0.392 e. The third-order valence-electron chi connectivity index (χ3n) is 8.19. The molecule has 0 spiro atoms. The molecule has 0 heterocycles. The molecular weight excluding hydrogens is 580 g/mol. The highest BCUT2D eigenvalue weighted by Gasteiger charge is 2.56. The molecule has 12 heteroatoms. The van der Waals surface area contributed by atoms with Crippen molar-refractivity contribution in [2.24, 2.45) is 34.5 Å². The Morgan fingerprint density at radius 3 is 1.42 bits per heavy atom. The van der Waals surface area contributed by atoms with Gasteiger partial charge in [-0.05, 0) is 55.8 Å². The van der Waals surface area contributed by atoms with E-state index in [1.54, 1.807) is 14.2 Å². The number of hydrogen-bond acceptors (Lipinski definition) is 6. The van der Waals surface area contributed by atoms with E-state index in [0.29, 0.717) is 24.7 Å². The van der Waals surface area contributed by atoms with Gasteiger partial charge in [-0.3, -0.25) is 0 Å². The van der Waals surface area contributed by atoms with Crippen LogP contribution in [0, 0.1) is 45.8 Å². The van der Waals surface area contributed by atoms with Crippen molar-refractivity contribution in [2.45, 2.75) is 90.4 Å². The van der Waals surface area contributed by atoms with E-state index in [0.717, 1.165) is 19.1 Å². The molecule has 5 aliphatic rings. The molecule has 0 aromatic rings. The Hall–Kier alpha value is -1.13. The Morgan fingerprint density at radius 1 is 0.744 bits per heavy atom. The predicted molar refractivity (Wildman–Crippen MR) is 154 cm³/mol. The highest BCUT2D eigenvalue weighted by molar-refractivity contribution is 4.99. The van der Waals surface area contributed by atoms with Crippen LogP contribution >= 0.6 is 0 Å². The van der Waals surface area contributed by atoms with Gasteiger partial charge in [-0.25, -0.2) is 13.2 Å². The van der Waals surface area contributed by atoms with E-state index >= 15 is 0 Å². The van der Waals surface area contributed by atoms with Crippen molar-refractivity contribution >= 4 is 0 Å². The Morgan fingerprint density at radius 2 is 1.21 bits per heavy atom. The van der Waals surface area contributed by atoms with Crippen LogP contribution in [0.25, 0.3) is 0 Å². The van der Waals surface area contributed by atoms with Gasteiger partial charge >= 0.3 is 6.18 Å². The summed E-state index contributed by atoms with van der Waals surface area (Å²) in [4.78, 5) is 0. The second kappa shape index (κ2) is 18.1. The predicted octanol–water partition coefficient (Wildman–Crippen LogP) is 7.90. The topological polar surface area (TPSA) is 69.9 Å². The average Bonchev–Trinajstić information content (AvgIpc) is 3.61. The van der Waals surface area contributed by atoms with Gasteiger partial charge in [0.15, 0.2) is 0 Å². The van der Waals surface area contributed by atoms with E-state index in [4.69, 9.17) is 14.7 Å². The second-order valence-electron chi connectivity index (χ2n) is 12.9. The van der Waals surface area contributed by atoms with E-state index in [-0.39, 0.29) is 51.4 Å². The normalized spacial score (nSPS) is 28.1. The molecule has 0 aliphatic heterocycles. The maximum Gasteiger partial charge on any atom is 0.392 e. The number of hydrogen-bond donors (Lipinski definition) is 0. The first-order valence-corrected chi connectivity index (χ1v) is 14.4. The van der Waals surface area contributed by atoms with Crippen LogP contribution in [0.15, 0.2) is 0 Å². The number of nitrogens with zero attached hydrogens (tertiary/aromatic N) is 1. The highest BCUT2D eigenvalue weighted by Crippen LogP contribution is 2.52. The van der Waals surface area contributed by atoms with Gasteiger partial charge in [0.05, 0.1) is 37.7 Å². The lowest BCUT2D eigenvalue weighted by atomic mass is 10.1. The van der Waals surface area contributed by atoms with Crippen LogP contribution in [0.1, 0.15) is 72.6 Å². The molecule has 6 nitrogen and oxygen atoms in total. The third kappa shape index (κ3) is 17.2. The monoisotopic (exact) mass is 635 g/mol. The van der Waals surface area contributed by atoms with Gasteiger partial charge < -0.3 is 23.7 Å². The maximum absolute atomic E-state index is 12.4. The summed E-state index contributed by atoms with van der Waals surface area (Å²) in [7, 11) is 7.85. The Kier molecular flexibility index (Phi) is 17.6. The standard InChI is InChI=1S/C7H11NO.C7H14O.C6H9F3O.C5H8F2O.C5H9FO.CH4/c1-9-6-7(2-3-7)4-5-8;1-7(2)4-6(7)5-8-3;1-10-3-4-2-5(4)6(7,8)9;1-8-3-4-2-5(4,6)7;1-7-4-5(6)2-3-5;/h2-4,6H2,1H3;6H,4-5H2,1-3H3;4-5H,2-3H2,1H3;4H,2-3H2,1H3;2-4H2,1H3;1H4. The smallest absolute Gasteiger partial charge is 0.384 e. The van der Waals surface area contributed by atoms with Crippen molar-refractivity contribution in [1.29, 1.82) is 5.26 Å². The molecule has 5 fully saturated rings. The van der Waals surface area contributed by atoms with Gasteiger partial charge in [0.2, 0.25) is 0 Å². The molecule has 0 aromatic carbocycles. The minimum Gasteiger partial charge on any atom is -0.384 e. The molecule has 4 unspecified atom stereocenters. The fourth-order valence-corrected chi connectivity index (χ4v) is 4.32. The molecule has 5 saturated carbocycles. The molecule has 0 bridgehead atoms. The molecule has 256 valence electrons. The fourth-order valence-electron chi connectivity index (χ4n) is 4.32. The molecule has 0 radical (unpaired) electrons. The number of alkyl halides is 6. The molecule has 5 rings (SSSR count). The van der Waals surface area contributed by atoms with Gasteiger partial charge in [-0.1, -0.05) is 21.3 Å². The zero-order chi connectivity index (χ0) is 32.2. The van der Waals surface area contributed by atoms with Crippen molar-refractivity contribution in [3.63, 3.8) is 0 Å². The first kappa shape index (κ1) is 41.9. The van der Waals surface area contributed by atoms with Crippen molar-refractivity contribution in [2.75, 3.05) is 68.6 Å². The SMILES string of the molecule is C.COCC1(CC#N)CC1.COCC1(F)CC1.COCC1CC1(C)C.COCC1CC1(F)F.COCC1CC1C(F)(F)F. The molecule has 5 aliphatic carbocycles. The summed E-state index contributed by atoms with van der Waals surface area (Å²) in [5, 5.41) is 8.36. The van der Waals surface area contributed by atoms with Crippen LogP contribution < -0.4 is 0 Å². The van der Waals surface area contributed by atoms with Crippen molar-refractivity contribution < 1.29 is 50.0 Å². The van der Waals surface area contributed by atoms with E-state index in [9.17, 15) is 26.3 Å². The Labute approximate surface area is 255 Å². The summed E-state index contributed by atoms with van der Waals surface area (Å²) in [6.07, 6.45) is 2.02. The van der Waals surface area contributed by atoms with Gasteiger partial charge in [-0.15, -0.1) is 0 Å². The van der Waals surface area contributed by atoms with Crippen LogP contribution in [0.5, 0.6) is 0 Å². The quantitative estimate of drug-likeness (QED) is 0.215. The Balaban J connectivity index is 0.000000512.